The highest BCUT2D eigenvalue weighted by Gasteiger charge is 2.33. The first-order valence-corrected chi connectivity index (χ1v) is 6.97. The molecule has 1 heterocycles. The third-order valence-corrected chi connectivity index (χ3v) is 3.81. The van der Waals surface area contributed by atoms with Gasteiger partial charge in [0.15, 0.2) is 0 Å². The molecule has 0 unspecified atom stereocenters. The van der Waals surface area contributed by atoms with Gasteiger partial charge in [-0.1, -0.05) is 0 Å². The zero-order chi connectivity index (χ0) is 17.5. The molecule has 0 bridgehead atoms. The van der Waals surface area contributed by atoms with Gasteiger partial charge in [-0.2, -0.15) is 13.2 Å². The van der Waals surface area contributed by atoms with E-state index in [2.05, 4.69) is 4.99 Å². The summed E-state index contributed by atoms with van der Waals surface area (Å²) in [6.45, 7) is 0.182. The van der Waals surface area contributed by atoms with E-state index >= 15 is 0 Å². The summed E-state index contributed by atoms with van der Waals surface area (Å²) < 4.78 is 44.7. The fraction of sp³-hybridized carbons (Fsp3) is 0.176. The van der Waals surface area contributed by atoms with Crippen LogP contribution in [0.25, 0.3) is 11.1 Å². The number of fused-ring (bicyclic) bond motifs is 1. The number of hydrogen-bond donors (Lipinski definition) is 1. The molecule has 0 fully saturated rings. The van der Waals surface area contributed by atoms with Crippen LogP contribution in [0.5, 0.6) is 5.75 Å². The van der Waals surface area contributed by atoms with Crippen LogP contribution in [0, 0.1) is 0 Å². The minimum absolute atomic E-state index is 0.00658. The van der Waals surface area contributed by atoms with Crippen molar-refractivity contribution in [2.45, 2.75) is 12.7 Å². The Bertz CT molecular complexity index is 857. The van der Waals surface area contributed by atoms with Gasteiger partial charge in [0.05, 0.1) is 24.8 Å². The van der Waals surface area contributed by atoms with E-state index in [-0.39, 0.29) is 17.9 Å². The van der Waals surface area contributed by atoms with Crippen LogP contribution >= 0.6 is 0 Å². The molecule has 7 heteroatoms. The first kappa shape index (κ1) is 16.0. The lowest BCUT2D eigenvalue weighted by molar-refractivity contribution is -0.137. The molecule has 0 spiro atoms. The molecule has 0 amide bonds. The third kappa shape index (κ3) is 2.73. The van der Waals surface area contributed by atoms with Crippen LogP contribution in [0.3, 0.4) is 0 Å². The Morgan fingerprint density at radius 1 is 1.21 bits per heavy atom. The van der Waals surface area contributed by atoms with Crippen molar-refractivity contribution >= 4 is 12.2 Å². The number of nitrogens with zero attached hydrogens (tertiary/aromatic N) is 1. The number of carboxylic acid groups (broad SMARTS) is 1. The SMILES string of the molecule is COc1cc(C(=O)O)ccc1-c1cc(C(F)(F)F)cc2c1C=NC2. The predicted octanol–water partition coefficient (Wildman–Crippen LogP) is 4.01. The standard InChI is InChI=1S/C17H12F3NO3/c1-24-15-5-9(16(22)23)2-3-12(15)13-6-11(17(18,19)20)4-10-7-21-8-14(10)13/h2-6,8H,7H2,1H3,(H,22,23). The van der Waals surface area contributed by atoms with Crippen molar-refractivity contribution in [1.29, 1.82) is 0 Å². The normalized spacial score (nSPS) is 13.0. The molecular weight excluding hydrogens is 323 g/mol. The Kier molecular flexibility index (Phi) is 3.79. The highest BCUT2D eigenvalue weighted by atomic mass is 19.4. The molecule has 24 heavy (non-hydrogen) atoms. The minimum atomic E-state index is -4.49. The molecule has 1 aliphatic heterocycles. The molecule has 2 aromatic carbocycles. The summed E-state index contributed by atoms with van der Waals surface area (Å²) in [4.78, 5) is 15.1. The molecule has 0 aromatic heterocycles. The fourth-order valence-corrected chi connectivity index (χ4v) is 2.67. The topological polar surface area (TPSA) is 58.9 Å². The first-order valence-electron chi connectivity index (χ1n) is 6.97. The van der Waals surface area contributed by atoms with E-state index in [1.165, 1.54) is 31.5 Å². The van der Waals surface area contributed by atoms with E-state index in [9.17, 15) is 18.0 Å². The van der Waals surface area contributed by atoms with Crippen molar-refractivity contribution in [1.82, 2.24) is 0 Å². The summed E-state index contributed by atoms with van der Waals surface area (Å²) in [5, 5.41) is 9.05. The summed E-state index contributed by atoms with van der Waals surface area (Å²) in [6.07, 6.45) is -2.96. The Morgan fingerprint density at radius 2 is 1.96 bits per heavy atom. The van der Waals surface area contributed by atoms with Crippen molar-refractivity contribution in [3.63, 3.8) is 0 Å². The van der Waals surface area contributed by atoms with E-state index in [0.717, 1.165) is 12.1 Å². The Morgan fingerprint density at radius 3 is 2.58 bits per heavy atom. The molecule has 0 aliphatic carbocycles. The number of benzene rings is 2. The van der Waals surface area contributed by atoms with Gasteiger partial charge < -0.3 is 9.84 Å². The highest BCUT2D eigenvalue weighted by molar-refractivity contribution is 5.97. The maximum absolute atomic E-state index is 13.2. The smallest absolute Gasteiger partial charge is 0.416 e. The minimum Gasteiger partial charge on any atom is -0.496 e. The number of halogens is 3. The van der Waals surface area contributed by atoms with Crippen molar-refractivity contribution in [3.8, 4) is 16.9 Å². The molecule has 0 radical (unpaired) electrons. The van der Waals surface area contributed by atoms with E-state index in [4.69, 9.17) is 9.84 Å². The number of rotatable bonds is 3. The second-order valence-corrected chi connectivity index (χ2v) is 5.28. The van der Waals surface area contributed by atoms with Crippen molar-refractivity contribution in [2.75, 3.05) is 7.11 Å². The lowest BCUT2D eigenvalue weighted by atomic mass is 9.93. The van der Waals surface area contributed by atoms with Gasteiger partial charge in [0.2, 0.25) is 0 Å². The fourth-order valence-electron chi connectivity index (χ4n) is 2.67. The van der Waals surface area contributed by atoms with Gasteiger partial charge in [0.25, 0.3) is 0 Å². The zero-order valence-electron chi connectivity index (χ0n) is 12.5. The predicted molar refractivity (Wildman–Crippen MR) is 81.7 cm³/mol. The maximum atomic E-state index is 13.2. The second kappa shape index (κ2) is 5.67. The number of hydrogen-bond acceptors (Lipinski definition) is 3. The van der Waals surface area contributed by atoms with Crippen LogP contribution in [-0.4, -0.2) is 24.4 Å². The summed E-state index contributed by atoms with van der Waals surface area (Å²) in [5.74, 6) is -0.951. The molecule has 1 aliphatic rings. The van der Waals surface area contributed by atoms with Crippen LogP contribution < -0.4 is 4.74 Å². The molecule has 0 saturated heterocycles. The van der Waals surface area contributed by atoms with Gasteiger partial charge in [-0.25, -0.2) is 4.79 Å². The maximum Gasteiger partial charge on any atom is 0.416 e. The molecule has 1 N–H and O–H groups in total. The van der Waals surface area contributed by atoms with Crippen molar-refractivity contribution in [3.05, 3.63) is 52.6 Å². The molecule has 124 valence electrons. The number of carboxylic acids is 1. The number of aliphatic imine (C=N–C) groups is 1. The molecule has 0 atom stereocenters. The Balaban J connectivity index is 2.24. The average molecular weight is 335 g/mol. The number of ether oxygens (including phenoxy) is 1. The number of methoxy groups -OCH3 is 1. The summed E-state index contributed by atoms with van der Waals surface area (Å²) >= 11 is 0. The Labute approximate surface area is 135 Å². The largest absolute Gasteiger partial charge is 0.496 e. The van der Waals surface area contributed by atoms with Crippen LogP contribution in [0.15, 0.2) is 35.3 Å². The van der Waals surface area contributed by atoms with Crippen LogP contribution in [0.4, 0.5) is 13.2 Å². The van der Waals surface area contributed by atoms with Crippen LogP contribution in [0.2, 0.25) is 0 Å². The molecular formula is C17H12F3NO3. The third-order valence-electron chi connectivity index (χ3n) is 3.81. The first-order chi connectivity index (χ1) is 11.3. The zero-order valence-corrected chi connectivity index (χ0v) is 12.5. The summed E-state index contributed by atoms with van der Waals surface area (Å²) in [5.41, 5.74) is 0.987. The number of aromatic carboxylic acids is 1. The average Bonchev–Trinajstić information content (AvgIpc) is 3.01. The van der Waals surface area contributed by atoms with Gasteiger partial charge in [-0.05, 0) is 41.5 Å². The second-order valence-electron chi connectivity index (χ2n) is 5.28. The lowest BCUT2D eigenvalue weighted by Crippen LogP contribution is -2.07. The van der Waals surface area contributed by atoms with E-state index in [1.54, 1.807) is 0 Å². The molecule has 0 saturated carbocycles. The van der Waals surface area contributed by atoms with Crippen LogP contribution in [-0.2, 0) is 12.7 Å². The van der Waals surface area contributed by atoms with E-state index in [0.29, 0.717) is 22.3 Å². The van der Waals surface area contributed by atoms with E-state index in [1.807, 2.05) is 0 Å². The molecule has 2 aromatic rings. The van der Waals surface area contributed by atoms with Crippen molar-refractivity contribution in [2.24, 2.45) is 4.99 Å². The number of alkyl halides is 3. The summed E-state index contributed by atoms with van der Waals surface area (Å²) in [7, 11) is 1.34. The Hall–Kier alpha value is -2.83. The quantitative estimate of drug-likeness (QED) is 0.922. The molecule has 3 rings (SSSR count). The van der Waals surface area contributed by atoms with Crippen molar-refractivity contribution < 1.29 is 27.8 Å². The van der Waals surface area contributed by atoms with E-state index < -0.39 is 17.7 Å². The van der Waals surface area contributed by atoms with Crippen LogP contribution in [0.1, 0.15) is 27.0 Å². The summed E-state index contributed by atoms with van der Waals surface area (Å²) in [6, 6.07) is 6.19. The lowest BCUT2D eigenvalue weighted by Gasteiger charge is -2.16. The van der Waals surface area contributed by atoms with Gasteiger partial charge in [-0.3, -0.25) is 4.99 Å². The van der Waals surface area contributed by atoms with Gasteiger partial charge in [-0.15, -0.1) is 0 Å². The van der Waals surface area contributed by atoms with Gasteiger partial charge >= 0.3 is 12.1 Å². The van der Waals surface area contributed by atoms with Gasteiger partial charge in [0.1, 0.15) is 5.75 Å². The van der Waals surface area contributed by atoms with Gasteiger partial charge in [0, 0.05) is 17.3 Å². The molecule has 4 nitrogen and oxygen atoms in total. The monoisotopic (exact) mass is 335 g/mol. The highest BCUT2D eigenvalue weighted by Crippen LogP contribution is 2.40. The number of carbonyl (C=O) groups is 1.